The van der Waals surface area contributed by atoms with Crippen molar-refractivity contribution in [1.82, 2.24) is 19.8 Å². The van der Waals surface area contributed by atoms with Gasteiger partial charge in [0, 0.05) is 41.4 Å². The third-order valence-electron chi connectivity index (χ3n) is 8.40. The number of fused-ring (bicyclic) bond motifs is 13. The second-order valence-corrected chi connectivity index (χ2v) is 10.3. The third kappa shape index (κ3) is 2.18. The van der Waals surface area contributed by atoms with Gasteiger partial charge in [0.05, 0.1) is 33.7 Å². The van der Waals surface area contributed by atoms with Gasteiger partial charge in [0.15, 0.2) is 5.72 Å². The van der Waals surface area contributed by atoms with E-state index in [1.165, 1.54) is 6.92 Å². The van der Waals surface area contributed by atoms with E-state index < -0.39 is 24.1 Å². The number of ether oxygens (including phenoxy) is 1. The van der Waals surface area contributed by atoms with Crippen LogP contribution < -0.4 is 10.6 Å². The fraction of sp³-hybridized carbons (Fsp3) is 0.286. The molecule has 2 aromatic heterocycles. The highest BCUT2D eigenvalue weighted by Gasteiger charge is 2.52. The molecule has 180 valence electrons. The number of para-hydroxylation sites is 2. The van der Waals surface area contributed by atoms with E-state index in [-0.39, 0.29) is 11.8 Å². The maximum Gasteiger partial charge on any atom is 0.252 e. The van der Waals surface area contributed by atoms with Gasteiger partial charge in [0.2, 0.25) is 5.91 Å². The maximum absolute atomic E-state index is 13.3. The van der Waals surface area contributed by atoms with Gasteiger partial charge < -0.3 is 29.6 Å². The van der Waals surface area contributed by atoms with E-state index in [9.17, 15) is 14.7 Å². The summed E-state index contributed by atoms with van der Waals surface area (Å²) in [5.74, 6) is -0.262. The van der Waals surface area contributed by atoms with Gasteiger partial charge in [0.1, 0.15) is 12.3 Å². The van der Waals surface area contributed by atoms with Crippen LogP contribution in [-0.4, -0.2) is 38.2 Å². The zero-order valence-corrected chi connectivity index (χ0v) is 19.8. The van der Waals surface area contributed by atoms with Crippen molar-refractivity contribution in [2.24, 2.45) is 0 Å². The molecular weight excluding hydrogens is 456 g/mol. The topological polar surface area (TPSA) is 97.5 Å². The van der Waals surface area contributed by atoms with Crippen molar-refractivity contribution >= 4 is 55.4 Å². The van der Waals surface area contributed by atoms with Gasteiger partial charge in [-0.1, -0.05) is 36.4 Å². The first-order chi connectivity index (χ1) is 17.4. The molecule has 8 nitrogen and oxygen atoms in total. The number of carbonyl (C=O) groups is 2. The number of aliphatic hydroxyl groups excluding tert-OH is 1. The molecule has 8 rings (SSSR count). The van der Waals surface area contributed by atoms with Gasteiger partial charge in [-0.2, -0.15) is 0 Å². The van der Waals surface area contributed by atoms with Crippen LogP contribution in [0.3, 0.4) is 0 Å². The van der Waals surface area contributed by atoms with Crippen molar-refractivity contribution in [3.63, 3.8) is 0 Å². The SMILES string of the molecule is CC(=O)N[C@@H]1C[C@H]2O[C@@](C)([C@@H]1O)n1c3ccccc3c3c4c(c5c6ccccc6n2c5c31)C(=O)NC4. The molecular formula is C28H24N4O4. The van der Waals surface area contributed by atoms with Crippen molar-refractivity contribution in [3.8, 4) is 0 Å². The largest absolute Gasteiger partial charge is 0.386 e. The van der Waals surface area contributed by atoms with E-state index in [0.717, 1.165) is 54.7 Å². The zero-order valence-electron chi connectivity index (χ0n) is 19.8. The summed E-state index contributed by atoms with van der Waals surface area (Å²) in [4.78, 5) is 25.4. The number of amides is 2. The highest BCUT2D eigenvalue weighted by atomic mass is 16.6. The smallest absolute Gasteiger partial charge is 0.252 e. The number of hydrogen-bond acceptors (Lipinski definition) is 4. The van der Waals surface area contributed by atoms with Crippen LogP contribution in [-0.2, 0) is 21.8 Å². The molecule has 0 unspecified atom stereocenters. The fourth-order valence-electron chi connectivity index (χ4n) is 7.09. The number of rotatable bonds is 1. The Labute approximate surface area is 205 Å². The first-order valence-corrected chi connectivity index (χ1v) is 12.3. The molecule has 2 amide bonds. The number of hydrogen-bond donors (Lipinski definition) is 3. The normalized spacial score (nSPS) is 26.6. The Morgan fingerprint density at radius 3 is 2.53 bits per heavy atom. The van der Waals surface area contributed by atoms with Gasteiger partial charge in [-0.25, -0.2) is 0 Å². The van der Waals surface area contributed by atoms with E-state index in [1.807, 2.05) is 37.3 Å². The molecule has 3 aliphatic heterocycles. The summed E-state index contributed by atoms with van der Waals surface area (Å²) in [6, 6.07) is 15.7. The average molecular weight is 481 g/mol. The maximum atomic E-state index is 13.3. The molecule has 1 fully saturated rings. The van der Waals surface area contributed by atoms with E-state index >= 15 is 0 Å². The van der Waals surface area contributed by atoms with E-state index in [4.69, 9.17) is 4.74 Å². The molecule has 3 N–H and O–H groups in total. The molecule has 8 heteroatoms. The van der Waals surface area contributed by atoms with Crippen molar-refractivity contribution < 1.29 is 19.4 Å². The van der Waals surface area contributed by atoms with Crippen LogP contribution in [0.2, 0.25) is 0 Å². The first kappa shape index (κ1) is 20.3. The van der Waals surface area contributed by atoms with Gasteiger partial charge in [0.25, 0.3) is 5.91 Å². The number of carbonyl (C=O) groups excluding carboxylic acids is 2. The van der Waals surface area contributed by atoms with Crippen LogP contribution in [0.15, 0.2) is 48.5 Å². The molecule has 3 aromatic carbocycles. The van der Waals surface area contributed by atoms with Gasteiger partial charge in [-0.05, 0) is 24.6 Å². The van der Waals surface area contributed by atoms with Crippen LogP contribution in [0.25, 0.3) is 43.6 Å². The summed E-state index contributed by atoms with van der Waals surface area (Å²) in [7, 11) is 0. The number of aromatic nitrogens is 2. The van der Waals surface area contributed by atoms with Crippen molar-refractivity contribution in [1.29, 1.82) is 0 Å². The van der Waals surface area contributed by atoms with Crippen LogP contribution in [0.5, 0.6) is 0 Å². The Morgan fingerprint density at radius 2 is 1.78 bits per heavy atom. The molecule has 1 saturated heterocycles. The summed E-state index contributed by atoms with van der Waals surface area (Å²) >= 11 is 0. The summed E-state index contributed by atoms with van der Waals surface area (Å²) in [5, 5.41) is 21.7. The molecule has 0 aliphatic carbocycles. The standard InChI is InChI=1S/C28H24N4O4/c1-13(33)30-17-11-20-31-18-9-5-3-7-14(18)22-23-16(12-29-27(23)35)21-15-8-4-6-10-19(15)32(25(21)24(22)31)28(2,36-20)26(17)34/h3-10,17,20,26,34H,11-12H2,1-2H3,(H,29,35)(H,30,33)/t17-,20-,26-,28+/m1/s1. The van der Waals surface area contributed by atoms with Crippen molar-refractivity contribution in [2.45, 2.75) is 50.9 Å². The summed E-state index contributed by atoms with van der Waals surface area (Å²) in [5.41, 5.74) is 4.31. The Bertz CT molecular complexity index is 1830. The molecule has 5 heterocycles. The van der Waals surface area contributed by atoms with Crippen LogP contribution in [0.4, 0.5) is 0 Å². The molecule has 5 aromatic rings. The molecule has 4 atom stereocenters. The van der Waals surface area contributed by atoms with E-state index in [2.05, 4.69) is 38.0 Å². The third-order valence-corrected chi connectivity index (χ3v) is 8.40. The fourth-order valence-corrected chi connectivity index (χ4v) is 7.09. The van der Waals surface area contributed by atoms with Gasteiger partial charge in [-0.15, -0.1) is 0 Å². The number of nitrogens with one attached hydrogen (secondary N) is 2. The highest BCUT2D eigenvalue weighted by Crippen LogP contribution is 2.53. The second-order valence-electron chi connectivity index (χ2n) is 10.3. The molecule has 0 radical (unpaired) electrons. The molecule has 0 saturated carbocycles. The van der Waals surface area contributed by atoms with E-state index in [0.29, 0.717) is 13.0 Å². The van der Waals surface area contributed by atoms with Crippen LogP contribution in [0.1, 0.15) is 42.4 Å². The van der Waals surface area contributed by atoms with Gasteiger partial charge in [-0.3, -0.25) is 9.59 Å². The zero-order chi connectivity index (χ0) is 24.5. The molecule has 3 aliphatic rings. The lowest BCUT2D eigenvalue weighted by Gasteiger charge is -2.47. The Kier molecular flexibility index (Phi) is 3.65. The first-order valence-electron chi connectivity index (χ1n) is 12.3. The molecule has 2 bridgehead atoms. The second kappa shape index (κ2) is 6.46. The van der Waals surface area contributed by atoms with Crippen molar-refractivity contribution in [3.05, 3.63) is 59.7 Å². The minimum atomic E-state index is -1.16. The number of aliphatic hydroxyl groups is 1. The van der Waals surface area contributed by atoms with Crippen molar-refractivity contribution in [2.75, 3.05) is 0 Å². The Hall–Kier alpha value is -3.88. The monoisotopic (exact) mass is 480 g/mol. The Morgan fingerprint density at radius 1 is 1.08 bits per heavy atom. The minimum Gasteiger partial charge on any atom is -0.386 e. The lowest BCUT2D eigenvalue weighted by molar-refractivity contribution is -0.249. The van der Waals surface area contributed by atoms with Crippen LogP contribution >= 0.6 is 0 Å². The minimum absolute atomic E-state index is 0.0675. The lowest BCUT2D eigenvalue weighted by atomic mass is 9.93. The molecule has 36 heavy (non-hydrogen) atoms. The molecule has 0 spiro atoms. The quantitative estimate of drug-likeness (QED) is 0.341. The van der Waals surface area contributed by atoms with Crippen LogP contribution in [0, 0.1) is 0 Å². The summed E-state index contributed by atoms with van der Waals surface area (Å²) < 4.78 is 11.1. The van der Waals surface area contributed by atoms with E-state index in [1.54, 1.807) is 0 Å². The number of benzene rings is 3. The Balaban J connectivity index is 1.67. The lowest BCUT2D eigenvalue weighted by Crippen LogP contribution is -2.60. The predicted molar refractivity (Wildman–Crippen MR) is 136 cm³/mol. The highest BCUT2D eigenvalue weighted by molar-refractivity contribution is 6.31. The predicted octanol–water partition coefficient (Wildman–Crippen LogP) is 3.62. The average Bonchev–Trinajstić information content (AvgIpc) is 3.49. The van der Waals surface area contributed by atoms with Gasteiger partial charge >= 0.3 is 0 Å². The summed E-state index contributed by atoms with van der Waals surface area (Å²) in [6.07, 6.45) is -1.05. The summed E-state index contributed by atoms with van der Waals surface area (Å²) in [6.45, 7) is 3.83. The number of nitrogens with zero attached hydrogens (tertiary/aromatic N) is 2.